The molecule has 0 fully saturated rings. The van der Waals surface area contributed by atoms with E-state index in [0.717, 1.165) is 18.2 Å². The van der Waals surface area contributed by atoms with E-state index in [2.05, 4.69) is 0 Å². The molecule has 1 unspecified atom stereocenters. The van der Waals surface area contributed by atoms with Crippen LogP contribution in [0.5, 0.6) is 40.2 Å². The first kappa shape index (κ1) is 30.0. The van der Waals surface area contributed by atoms with Crippen molar-refractivity contribution >= 4 is 30.2 Å². The number of hydrogen-bond acceptors (Lipinski definition) is 10. The predicted molar refractivity (Wildman–Crippen MR) is 153 cm³/mol. The Hall–Kier alpha value is -5.97. The van der Waals surface area contributed by atoms with Crippen LogP contribution < -0.4 is 4.74 Å². The van der Waals surface area contributed by atoms with Crippen LogP contribution in [-0.4, -0.2) is 48.7 Å². The van der Waals surface area contributed by atoms with Gasteiger partial charge >= 0.3 is 11.9 Å². The van der Waals surface area contributed by atoms with Gasteiger partial charge in [-0.15, -0.1) is 0 Å². The summed E-state index contributed by atoms with van der Waals surface area (Å²) in [5, 5.41) is 59.1. The first-order valence-corrected chi connectivity index (χ1v) is 12.6. The second-order valence-electron chi connectivity index (χ2n) is 9.18. The molecule has 0 aliphatic heterocycles. The summed E-state index contributed by atoms with van der Waals surface area (Å²) in [5.41, 5.74) is 1.14. The lowest BCUT2D eigenvalue weighted by atomic mass is 10.0. The van der Waals surface area contributed by atoms with Crippen LogP contribution in [0.4, 0.5) is 4.39 Å². The molecule has 0 heterocycles. The standard InChI is InChI=1S/C32H25FO10/c33-21-6-8-22(9-7-21)42-32(41)29(17-19-3-12-25(35)28(38)16-19)43-30(39)14-5-20-4-13-26(36)31(40)23(20)10-1-18-2-11-24(34)27(37)15-18/h1-16,29,34-38,40H,17H2/b10-1+,14-5+. The number of phenols is 6. The molecular weight excluding hydrogens is 563 g/mol. The average Bonchev–Trinajstić information content (AvgIpc) is 2.97. The quantitative estimate of drug-likeness (QED) is 0.0513. The van der Waals surface area contributed by atoms with E-state index in [0.29, 0.717) is 11.1 Å². The normalized spacial score (nSPS) is 11.9. The summed E-state index contributed by atoms with van der Waals surface area (Å²) in [6, 6.07) is 15.0. The molecule has 4 aromatic carbocycles. The number of hydrogen-bond donors (Lipinski definition) is 6. The van der Waals surface area contributed by atoms with Gasteiger partial charge in [0.25, 0.3) is 0 Å². The van der Waals surface area contributed by atoms with E-state index in [9.17, 15) is 44.6 Å². The van der Waals surface area contributed by atoms with Crippen LogP contribution in [0.15, 0.2) is 78.9 Å². The minimum Gasteiger partial charge on any atom is -0.504 e. The Morgan fingerprint density at radius 3 is 2.05 bits per heavy atom. The highest BCUT2D eigenvalue weighted by Crippen LogP contribution is 2.34. The number of benzene rings is 4. The Morgan fingerprint density at radius 1 is 0.721 bits per heavy atom. The summed E-state index contributed by atoms with van der Waals surface area (Å²) in [4.78, 5) is 25.7. The van der Waals surface area contributed by atoms with Crippen LogP contribution in [0.1, 0.15) is 22.3 Å². The average molecular weight is 589 g/mol. The highest BCUT2D eigenvalue weighted by Gasteiger charge is 2.26. The van der Waals surface area contributed by atoms with Crippen molar-refractivity contribution in [2.24, 2.45) is 0 Å². The van der Waals surface area contributed by atoms with Gasteiger partial charge in [0, 0.05) is 18.1 Å². The minimum absolute atomic E-state index is 0.00510. The van der Waals surface area contributed by atoms with Crippen LogP contribution in [0.3, 0.4) is 0 Å². The van der Waals surface area contributed by atoms with Crippen LogP contribution in [0, 0.1) is 5.82 Å². The van der Waals surface area contributed by atoms with Crippen LogP contribution in [-0.2, 0) is 20.7 Å². The van der Waals surface area contributed by atoms with Crippen molar-refractivity contribution < 1.29 is 54.1 Å². The van der Waals surface area contributed by atoms with E-state index >= 15 is 0 Å². The van der Waals surface area contributed by atoms with Gasteiger partial charge in [-0.05, 0) is 83.4 Å². The predicted octanol–water partition coefficient (Wildman–Crippen LogP) is 5.00. The molecule has 6 N–H and O–H groups in total. The number of ether oxygens (including phenoxy) is 2. The van der Waals surface area contributed by atoms with Gasteiger partial charge in [0.2, 0.25) is 6.10 Å². The summed E-state index contributed by atoms with van der Waals surface area (Å²) >= 11 is 0. The smallest absolute Gasteiger partial charge is 0.353 e. The summed E-state index contributed by atoms with van der Waals surface area (Å²) < 4.78 is 23.9. The van der Waals surface area contributed by atoms with E-state index in [1.807, 2.05) is 0 Å². The molecule has 0 saturated carbocycles. The van der Waals surface area contributed by atoms with Crippen molar-refractivity contribution in [3.05, 3.63) is 107 Å². The highest BCUT2D eigenvalue weighted by molar-refractivity contribution is 5.91. The first-order chi connectivity index (χ1) is 20.5. The van der Waals surface area contributed by atoms with E-state index in [-0.39, 0.29) is 34.8 Å². The fourth-order valence-electron chi connectivity index (χ4n) is 3.86. The SMILES string of the molecule is O=C(/C=C/c1ccc(O)c(O)c1/C=C/c1ccc(O)c(O)c1)OC(Cc1ccc(O)c(O)c1)C(=O)Oc1ccc(F)cc1. The number of aromatic hydroxyl groups is 6. The number of carbonyl (C=O) groups is 2. The van der Waals surface area contributed by atoms with E-state index in [1.54, 1.807) is 0 Å². The van der Waals surface area contributed by atoms with Crippen molar-refractivity contribution in [2.75, 3.05) is 0 Å². The largest absolute Gasteiger partial charge is 0.504 e. The Labute approximate surface area is 244 Å². The number of halogens is 1. The molecule has 0 bridgehead atoms. The molecule has 0 amide bonds. The van der Waals surface area contributed by atoms with E-state index in [4.69, 9.17) is 9.47 Å². The maximum Gasteiger partial charge on any atom is 0.353 e. The summed E-state index contributed by atoms with van der Waals surface area (Å²) in [5.74, 6) is -5.00. The Balaban J connectivity index is 1.56. The molecule has 10 nitrogen and oxygen atoms in total. The van der Waals surface area contributed by atoms with Gasteiger partial charge in [-0.2, -0.15) is 0 Å². The molecule has 0 aliphatic carbocycles. The Morgan fingerprint density at radius 2 is 1.37 bits per heavy atom. The van der Waals surface area contributed by atoms with E-state index in [1.165, 1.54) is 78.9 Å². The van der Waals surface area contributed by atoms with Gasteiger partial charge in [-0.25, -0.2) is 14.0 Å². The Kier molecular flexibility index (Phi) is 9.16. The zero-order chi connectivity index (χ0) is 31.1. The molecule has 4 aromatic rings. The third-order valence-electron chi connectivity index (χ3n) is 6.08. The zero-order valence-corrected chi connectivity index (χ0v) is 22.2. The van der Waals surface area contributed by atoms with Gasteiger partial charge < -0.3 is 40.1 Å². The van der Waals surface area contributed by atoms with E-state index < -0.39 is 46.9 Å². The zero-order valence-electron chi connectivity index (χ0n) is 22.2. The number of phenolic OH excluding ortho intramolecular Hbond substituents is 6. The monoisotopic (exact) mass is 588 g/mol. The molecular formula is C32H25FO10. The van der Waals surface area contributed by atoms with Crippen LogP contribution in [0.25, 0.3) is 18.2 Å². The van der Waals surface area contributed by atoms with Crippen molar-refractivity contribution in [1.29, 1.82) is 0 Å². The van der Waals surface area contributed by atoms with Crippen LogP contribution in [0.2, 0.25) is 0 Å². The molecule has 220 valence electrons. The minimum atomic E-state index is -1.53. The molecule has 0 spiro atoms. The highest BCUT2D eigenvalue weighted by atomic mass is 19.1. The van der Waals surface area contributed by atoms with Gasteiger partial charge in [0.1, 0.15) is 11.6 Å². The van der Waals surface area contributed by atoms with Crippen molar-refractivity contribution in [1.82, 2.24) is 0 Å². The molecule has 43 heavy (non-hydrogen) atoms. The maximum absolute atomic E-state index is 13.3. The van der Waals surface area contributed by atoms with Gasteiger partial charge in [0.15, 0.2) is 34.5 Å². The van der Waals surface area contributed by atoms with Gasteiger partial charge in [0.05, 0.1) is 0 Å². The third-order valence-corrected chi connectivity index (χ3v) is 6.08. The van der Waals surface area contributed by atoms with Crippen molar-refractivity contribution in [3.8, 4) is 40.2 Å². The molecule has 1 atom stereocenters. The second-order valence-corrected chi connectivity index (χ2v) is 9.18. The molecule has 11 heteroatoms. The third kappa shape index (κ3) is 7.82. The molecule has 0 aromatic heterocycles. The van der Waals surface area contributed by atoms with Gasteiger partial charge in [-0.1, -0.05) is 24.3 Å². The fraction of sp³-hybridized carbons (Fsp3) is 0.0625. The van der Waals surface area contributed by atoms with Crippen LogP contribution >= 0.6 is 0 Å². The molecule has 0 radical (unpaired) electrons. The molecule has 0 aliphatic rings. The Bertz CT molecular complexity index is 1710. The van der Waals surface area contributed by atoms with Gasteiger partial charge in [-0.3, -0.25) is 0 Å². The molecule has 4 rings (SSSR count). The number of esters is 2. The lowest BCUT2D eigenvalue weighted by Gasteiger charge is -2.16. The summed E-state index contributed by atoms with van der Waals surface area (Å²) in [6.45, 7) is 0. The maximum atomic E-state index is 13.3. The molecule has 0 saturated heterocycles. The second kappa shape index (κ2) is 13.1. The number of carbonyl (C=O) groups excluding carboxylic acids is 2. The summed E-state index contributed by atoms with van der Waals surface area (Å²) in [7, 11) is 0. The topological polar surface area (TPSA) is 174 Å². The fourth-order valence-corrected chi connectivity index (χ4v) is 3.86. The van der Waals surface area contributed by atoms with Crippen molar-refractivity contribution in [3.63, 3.8) is 0 Å². The summed E-state index contributed by atoms with van der Waals surface area (Å²) in [6.07, 6.45) is 3.36. The lowest BCUT2D eigenvalue weighted by molar-refractivity contribution is -0.158. The first-order valence-electron chi connectivity index (χ1n) is 12.6. The van der Waals surface area contributed by atoms with Crippen molar-refractivity contribution in [2.45, 2.75) is 12.5 Å². The number of rotatable bonds is 9. The lowest BCUT2D eigenvalue weighted by Crippen LogP contribution is -2.32.